The molecular weight excluding hydrogens is 435 g/mol. The average molecular weight is 460 g/mol. The van der Waals surface area contributed by atoms with E-state index in [9.17, 15) is 18.0 Å². The van der Waals surface area contributed by atoms with Crippen LogP contribution >= 0.6 is 0 Å². The first-order valence-electron chi connectivity index (χ1n) is 12.0. The van der Waals surface area contributed by atoms with Gasteiger partial charge in [-0.05, 0) is 54.1 Å². The normalized spacial score (nSPS) is 14.5. The fourth-order valence-corrected chi connectivity index (χ4v) is 3.20. The fourth-order valence-electron chi connectivity index (χ4n) is 3.20. The molecule has 0 unspecified atom stereocenters. The number of hydrogen-bond donors (Lipinski definition) is 3. The van der Waals surface area contributed by atoms with E-state index < -0.39 is 42.7 Å². The summed E-state index contributed by atoms with van der Waals surface area (Å²) in [5, 5.41) is 5.13. The zero-order chi connectivity index (χ0) is 27.9. The van der Waals surface area contributed by atoms with Crippen molar-refractivity contribution >= 4 is 34.1 Å². The highest BCUT2D eigenvalue weighted by Gasteiger charge is 2.31. The number of fused-ring (bicyclic) bond motifs is 1. The Morgan fingerprint density at radius 3 is 2.76 bits per heavy atom. The van der Waals surface area contributed by atoms with Crippen LogP contribution in [0.2, 0.25) is 0 Å². The molecule has 170 valence electrons. The van der Waals surface area contributed by atoms with Crippen molar-refractivity contribution in [1.82, 2.24) is 9.55 Å². The second kappa shape index (κ2) is 8.73. The van der Waals surface area contributed by atoms with Gasteiger partial charge in [0.25, 0.3) is 0 Å². The molecule has 2 heterocycles. The molecule has 0 fully saturated rings. The Bertz CT molecular complexity index is 1510. The number of benzene rings is 2. The lowest BCUT2D eigenvalue weighted by atomic mass is 10.1. The van der Waals surface area contributed by atoms with Crippen molar-refractivity contribution in [1.29, 1.82) is 0 Å². The van der Waals surface area contributed by atoms with Crippen molar-refractivity contribution in [3.63, 3.8) is 0 Å². The lowest BCUT2D eigenvalue weighted by Gasteiger charge is -2.14. The van der Waals surface area contributed by atoms with Crippen LogP contribution in [0.25, 0.3) is 10.9 Å². The lowest BCUT2D eigenvalue weighted by molar-refractivity contribution is -0.137. The third-order valence-electron chi connectivity index (χ3n) is 4.68. The molecule has 0 saturated carbocycles. The number of hydrogen-bond acceptors (Lipinski definition) is 4. The molecular formula is C23H20F3N5O2. The van der Waals surface area contributed by atoms with E-state index in [4.69, 9.17) is 17.3 Å². The number of carbonyl (C=O) groups excluding carboxylic acids is 1. The van der Waals surface area contributed by atoms with E-state index in [1.165, 1.54) is 35.2 Å². The lowest BCUT2D eigenvalue weighted by Crippen LogP contribution is -2.20. The monoisotopic (exact) mass is 460 g/mol. The van der Waals surface area contributed by atoms with E-state index in [0.717, 1.165) is 6.07 Å². The van der Waals surface area contributed by atoms with Crippen LogP contribution < -0.4 is 21.1 Å². The molecule has 2 amide bonds. The highest BCUT2D eigenvalue weighted by molar-refractivity contribution is 6.06. The van der Waals surface area contributed by atoms with E-state index in [1.54, 1.807) is 18.2 Å². The molecule has 4 rings (SSSR count). The first-order valence-corrected chi connectivity index (χ1v) is 9.46. The van der Waals surface area contributed by atoms with Crippen LogP contribution in [0.3, 0.4) is 0 Å². The Morgan fingerprint density at radius 2 is 2.00 bits per heavy atom. The molecule has 0 saturated heterocycles. The number of carbonyl (C=O) groups is 1. The van der Waals surface area contributed by atoms with Gasteiger partial charge in [-0.3, -0.25) is 0 Å². The molecule has 0 aliphatic heterocycles. The van der Waals surface area contributed by atoms with Gasteiger partial charge in [0.2, 0.25) is 0 Å². The van der Waals surface area contributed by atoms with E-state index in [2.05, 4.69) is 15.6 Å². The number of pyridine rings is 1. The molecule has 0 aliphatic rings. The summed E-state index contributed by atoms with van der Waals surface area (Å²) in [5.74, 6) is -0.347. The summed E-state index contributed by atoms with van der Waals surface area (Å²) in [4.78, 5) is 16.6. The standard InChI is InChI=1S/C23H20F3N5O2/c1-33-20-6-5-15(23(24,25)26)12-18(20)30-22(32)29-17-3-2-4-19-16(17)8-10-31(19)13-14-7-9-28-21(27)11-14/h2-12H,13H2,1H3,(H2,27,28)(H2,29,30,32)/i1D3,13D2. The van der Waals surface area contributed by atoms with Gasteiger partial charge >= 0.3 is 12.2 Å². The highest BCUT2D eigenvalue weighted by Crippen LogP contribution is 2.35. The minimum absolute atomic E-state index is 0.137. The molecule has 4 N–H and O–H groups in total. The van der Waals surface area contributed by atoms with Gasteiger partial charge in [-0.15, -0.1) is 0 Å². The summed E-state index contributed by atoms with van der Waals surface area (Å²) in [5.41, 5.74) is 4.92. The minimum Gasteiger partial charge on any atom is -0.495 e. The van der Waals surface area contributed by atoms with E-state index in [-0.39, 0.29) is 17.1 Å². The molecule has 2 aromatic heterocycles. The van der Waals surface area contributed by atoms with Crippen molar-refractivity contribution in [2.75, 3.05) is 23.4 Å². The maximum absolute atomic E-state index is 13.2. The van der Waals surface area contributed by atoms with Crippen LogP contribution in [-0.4, -0.2) is 22.6 Å². The maximum Gasteiger partial charge on any atom is 0.416 e. The van der Waals surface area contributed by atoms with Gasteiger partial charge in [0.05, 0.1) is 36.3 Å². The number of nitrogen functional groups attached to an aromatic ring is 1. The number of nitrogens with zero attached hydrogens (tertiary/aromatic N) is 2. The Balaban J connectivity index is 1.64. The number of methoxy groups -OCH3 is 1. The van der Waals surface area contributed by atoms with Gasteiger partial charge in [-0.2, -0.15) is 13.2 Å². The summed E-state index contributed by atoms with van der Waals surface area (Å²) >= 11 is 0. The van der Waals surface area contributed by atoms with Gasteiger partial charge < -0.3 is 25.7 Å². The molecule has 2 aromatic carbocycles. The number of halogens is 3. The minimum atomic E-state index is -4.75. The average Bonchev–Trinajstić information content (AvgIpc) is 3.25. The summed E-state index contributed by atoms with van der Waals surface area (Å²) in [7, 11) is -2.97. The van der Waals surface area contributed by atoms with Crippen LogP contribution in [0.1, 0.15) is 18.0 Å². The Hall–Kier alpha value is -4.21. The van der Waals surface area contributed by atoms with Gasteiger partial charge in [0, 0.05) is 24.3 Å². The summed E-state index contributed by atoms with van der Waals surface area (Å²) in [6.45, 7) is -2.04. The van der Waals surface area contributed by atoms with E-state index in [0.29, 0.717) is 23.0 Å². The van der Waals surface area contributed by atoms with Gasteiger partial charge in [0.15, 0.2) is 0 Å². The van der Waals surface area contributed by atoms with Crippen LogP contribution in [0.5, 0.6) is 5.75 Å². The Morgan fingerprint density at radius 1 is 1.18 bits per heavy atom. The van der Waals surface area contributed by atoms with Gasteiger partial charge in [-0.1, -0.05) is 6.07 Å². The molecule has 0 atom stereocenters. The van der Waals surface area contributed by atoms with E-state index >= 15 is 0 Å². The van der Waals surface area contributed by atoms with Crippen LogP contribution in [0.4, 0.5) is 35.2 Å². The SMILES string of the molecule is [2H]C([2H])([2H])Oc1ccc(C(F)(F)F)cc1NC(=O)Nc1cccc2c1ccn2C([2H])([2H])c1ccnc(N)c1. The first-order chi connectivity index (χ1) is 17.6. The summed E-state index contributed by atoms with van der Waals surface area (Å²) < 4.78 is 84.7. The van der Waals surface area contributed by atoms with Crippen molar-refractivity contribution in [2.24, 2.45) is 0 Å². The first kappa shape index (κ1) is 16.4. The predicted molar refractivity (Wildman–Crippen MR) is 120 cm³/mol. The summed E-state index contributed by atoms with van der Waals surface area (Å²) in [6, 6.07) is 10.1. The number of amides is 2. The molecule has 0 spiro atoms. The largest absolute Gasteiger partial charge is 0.495 e. The molecule has 0 radical (unpaired) electrons. The summed E-state index contributed by atoms with van der Waals surface area (Å²) in [6.07, 6.45) is -1.90. The quantitative estimate of drug-likeness (QED) is 0.375. The topological polar surface area (TPSA) is 94.2 Å². The Kier molecular flexibility index (Phi) is 4.35. The number of aromatic nitrogens is 2. The molecule has 0 aliphatic carbocycles. The number of ether oxygens (including phenoxy) is 1. The van der Waals surface area contributed by atoms with Crippen molar-refractivity contribution < 1.29 is 29.6 Å². The highest BCUT2D eigenvalue weighted by atomic mass is 19.4. The number of urea groups is 1. The number of nitrogens with one attached hydrogen (secondary N) is 2. The molecule has 7 nitrogen and oxygen atoms in total. The number of nitrogens with two attached hydrogens (primary N) is 1. The number of rotatable bonds is 5. The second-order valence-electron chi connectivity index (χ2n) is 6.90. The zero-order valence-corrected chi connectivity index (χ0v) is 16.8. The smallest absolute Gasteiger partial charge is 0.416 e. The molecule has 33 heavy (non-hydrogen) atoms. The molecule has 4 aromatic rings. The fraction of sp³-hybridized carbons (Fsp3) is 0.130. The van der Waals surface area contributed by atoms with E-state index in [1.807, 2.05) is 0 Å². The number of alkyl halides is 3. The molecule has 0 bridgehead atoms. The van der Waals surface area contributed by atoms with Crippen LogP contribution in [-0.2, 0) is 12.7 Å². The van der Waals surface area contributed by atoms with Gasteiger partial charge in [-0.25, -0.2) is 9.78 Å². The van der Waals surface area contributed by atoms with Crippen LogP contribution in [0, 0.1) is 0 Å². The molecule has 10 heteroatoms. The zero-order valence-electron chi connectivity index (χ0n) is 21.8. The van der Waals surface area contributed by atoms with Crippen molar-refractivity contribution in [3.05, 3.63) is 78.1 Å². The van der Waals surface area contributed by atoms with Crippen LogP contribution in [0.15, 0.2) is 67.0 Å². The van der Waals surface area contributed by atoms with Crippen molar-refractivity contribution in [3.8, 4) is 5.75 Å². The van der Waals surface area contributed by atoms with Crippen molar-refractivity contribution in [2.45, 2.75) is 12.7 Å². The predicted octanol–water partition coefficient (Wildman–Crippen LogP) is 5.34. The van der Waals surface area contributed by atoms with Gasteiger partial charge in [0.1, 0.15) is 11.6 Å². The Labute approximate surface area is 194 Å². The second-order valence-corrected chi connectivity index (χ2v) is 6.90. The third kappa shape index (κ3) is 4.84. The number of anilines is 3. The maximum atomic E-state index is 13.2. The third-order valence-corrected chi connectivity index (χ3v) is 4.68.